The van der Waals surface area contributed by atoms with Crippen LogP contribution in [0.5, 0.6) is 0 Å². The van der Waals surface area contributed by atoms with Crippen molar-refractivity contribution in [1.82, 2.24) is 4.90 Å². The number of amides is 2. The maximum absolute atomic E-state index is 13.4. The van der Waals surface area contributed by atoms with Crippen LogP contribution in [0.15, 0.2) is 24.3 Å². The smallest absolute Gasteiger partial charge is 0.409 e. The molecule has 6 heteroatoms. The molecule has 1 aliphatic rings. The first-order valence-electron chi connectivity index (χ1n) is 7.02. The molecule has 0 radical (unpaired) electrons. The second kappa shape index (κ2) is 7.06. The fourth-order valence-electron chi connectivity index (χ4n) is 2.39. The third kappa shape index (κ3) is 4.18. The van der Waals surface area contributed by atoms with Crippen LogP contribution < -0.4 is 5.73 Å². The van der Waals surface area contributed by atoms with Crippen molar-refractivity contribution in [3.8, 4) is 0 Å². The third-order valence-electron chi connectivity index (χ3n) is 3.71. The van der Waals surface area contributed by atoms with Gasteiger partial charge in [0, 0.05) is 25.4 Å². The van der Waals surface area contributed by atoms with Gasteiger partial charge in [-0.05, 0) is 24.5 Å². The predicted molar refractivity (Wildman–Crippen MR) is 74.9 cm³/mol. The normalized spacial score (nSPS) is 15.8. The highest BCUT2D eigenvalue weighted by Gasteiger charge is 2.26. The van der Waals surface area contributed by atoms with Crippen LogP contribution in [-0.2, 0) is 16.0 Å². The number of nitrogens with two attached hydrogens (primary N) is 1. The van der Waals surface area contributed by atoms with Gasteiger partial charge in [-0.1, -0.05) is 18.2 Å². The van der Waals surface area contributed by atoms with E-state index in [-0.39, 0.29) is 24.2 Å². The van der Waals surface area contributed by atoms with Crippen molar-refractivity contribution < 1.29 is 18.7 Å². The van der Waals surface area contributed by atoms with Crippen molar-refractivity contribution >= 4 is 12.0 Å². The molecule has 0 atom stereocenters. The van der Waals surface area contributed by atoms with Gasteiger partial charge in [0.05, 0.1) is 6.61 Å². The minimum atomic E-state index is -0.422. The van der Waals surface area contributed by atoms with Crippen molar-refractivity contribution in [3.05, 3.63) is 35.6 Å². The van der Waals surface area contributed by atoms with Gasteiger partial charge in [0.25, 0.3) is 0 Å². The Kier molecular flexibility index (Phi) is 5.14. The lowest BCUT2D eigenvalue weighted by Gasteiger charge is -2.29. The van der Waals surface area contributed by atoms with E-state index < -0.39 is 6.09 Å². The molecule has 0 saturated carbocycles. The largest absolute Gasteiger partial charge is 0.449 e. The molecule has 21 heavy (non-hydrogen) atoms. The molecular weight excluding hydrogens is 275 g/mol. The fourth-order valence-corrected chi connectivity index (χ4v) is 2.39. The van der Waals surface area contributed by atoms with Crippen LogP contribution in [0.2, 0.25) is 0 Å². The molecule has 0 unspecified atom stereocenters. The second-order valence-electron chi connectivity index (χ2n) is 5.12. The van der Waals surface area contributed by atoms with Crippen LogP contribution in [0.4, 0.5) is 9.18 Å². The summed E-state index contributed by atoms with van der Waals surface area (Å²) in [4.78, 5) is 24.4. The number of carbonyl (C=O) groups is 2. The highest BCUT2D eigenvalue weighted by atomic mass is 19.1. The number of nitrogens with zero attached hydrogens (tertiary/aromatic N) is 1. The quantitative estimate of drug-likeness (QED) is 0.918. The van der Waals surface area contributed by atoms with Crippen molar-refractivity contribution in [2.75, 3.05) is 19.7 Å². The number of primary amides is 1. The fraction of sp³-hybridized carbons (Fsp3) is 0.467. The summed E-state index contributed by atoms with van der Waals surface area (Å²) < 4.78 is 18.5. The second-order valence-corrected chi connectivity index (χ2v) is 5.12. The summed E-state index contributed by atoms with van der Waals surface area (Å²) in [7, 11) is 0. The number of hydrogen-bond donors (Lipinski definition) is 1. The van der Waals surface area contributed by atoms with E-state index >= 15 is 0 Å². The Morgan fingerprint density at radius 1 is 1.29 bits per heavy atom. The van der Waals surface area contributed by atoms with Crippen LogP contribution >= 0.6 is 0 Å². The van der Waals surface area contributed by atoms with E-state index in [2.05, 4.69) is 0 Å². The van der Waals surface area contributed by atoms with Gasteiger partial charge in [-0.15, -0.1) is 0 Å². The molecule has 1 saturated heterocycles. The van der Waals surface area contributed by atoms with Crippen LogP contribution in [0.25, 0.3) is 0 Å². The molecule has 1 aromatic rings. The Labute approximate surface area is 122 Å². The highest BCUT2D eigenvalue weighted by Crippen LogP contribution is 2.17. The zero-order valence-electron chi connectivity index (χ0n) is 11.8. The molecule has 0 aliphatic carbocycles. The lowest BCUT2D eigenvalue weighted by Crippen LogP contribution is -2.42. The first-order chi connectivity index (χ1) is 10.1. The predicted octanol–water partition coefficient (Wildman–Crippen LogP) is 1.70. The molecule has 0 bridgehead atoms. The first kappa shape index (κ1) is 15.3. The monoisotopic (exact) mass is 294 g/mol. The molecule has 114 valence electrons. The Bertz CT molecular complexity index is 513. The lowest BCUT2D eigenvalue weighted by atomic mass is 9.97. The standard InChI is InChI=1S/C15H19FN2O3/c16-13-4-2-1-3-11(13)7-10-21-15(20)18-8-5-12(6-9-18)14(17)19/h1-4,12H,5-10H2,(H2,17,19). The maximum atomic E-state index is 13.4. The van der Waals surface area contributed by atoms with Crippen molar-refractivity contribution in [2.45, 2.75) is 19.3 Å². The molecule has 0 spiro atoms. The molecular formula is C15H19FN2O3. The number of carbonyl (C=O) groups excluding carboxylic acids is 2. The average Bonchev–Trinajstić information content (AvgIpc) is 2.49. The number of halogens is 1. The molecule has 1 aromatic carbocycles. The Hall–Kier alpha value is -2.11. The van der Waals surface area contributed by atoms with Crippen LogP contribution in [0, 0.1) is 11.7 Å². The molecule has 2 amide bonds. The number of ether oxygens (including phenoxy) is 1. The van der Waals surface area contributed by atoms with Gasteiger partial charge in [-0.3, -0.25) is 4.79 Å². The number of rotatable bonds is 4. The summed E-state index contributed by atoms with van der Waals surface area (Å²) in [5, 5.41) is 0. The summed E-state index contributed by atoms with van der Waals surface area (Å²) in [5.41, 5.74) is 5.76. The van der Waals surface area contributed by atoms with Gasteiger partial charge in [0.15, 0.2) is 0 Å². The molecule has 2 N–H and O–H groups in total. The van der Waals surface area contributed by atoms with E-state index in [0.29, 0.717) is 37.9 Å². The summed E-state index contributed by atoms with van der Waals surface area (Å²) in [6, 6.07) is 6.41. The Balaban J connectivity index is 1.73. The van der Waals surface area contributed by atoms with Crippen LogP contribution in [0.1, 0.15) is 18.4 Å². The minimum Gasteiger partial charge on any atom is -0.449 e. The lowest BCUT2D eigenvalue weighted by molar-refractivity contribution is -0.123. The van der Waals surface area contributed by atoms with Gasteiger partial charge in [0.1, 0.15) is 5.82 Å². The Morgan fingerprint density at radius 3 is 2.57 bits per heavy atom. The summed E-state index contributed by atoms with van der Waals surface area (Å²) in [6.45, 7) is 1.06. The van der Waals surface area contributed by atoms with Gasteiger partial charge in [-0.2, -0.15) is 0 Å². The summed E-state index contributed by atoms with van der Waals surface area (Å²) >= 11 is 0. The third-order valence-corrected chi connectivity index (χ3v) is 3.71. The summed E-state index contributed by atoms with van der Waals surface area (Å²) in [5.74, 6) is -0.772. The van der Waals surface area contributed by atoms with E-state index in [0.717, 1.165) is 0 Å². The summed E-state index contributed by atoms with van der Waals surface area (Å²) in [6.07, 6.45) is 1.06. The number of hydrogen-bond acceptors (Lipinski definition) is 3. The average molecular weight is 294 g/mol. The van der Waals surface area contributed by atoms with E-state index in [4.69, 9.17) is 10.5 Å². The molecule has 1 aliphatic heterocycles. The highest BCUT2D eigenvalue weighted by molar-refractivity contribution is 5.77. The van der Waals surface area contributed by atoms with Gasteiger partial charge >= 0.3 is 6.09 Å². The number of piperidine rings is 1. The first-order valence-corrected chi connectivity index (χ1v) is 7.02. The van der Waals surface area contributed by atoms with E-state index in [1.165, 1.54) is 6.07 Å². The van der Waals surface area contributed by atoms with E-state index in [1.54, 1.807) is 23.1 Å². The molecule has 1 fully saturated rings. The Morgan fingerprint density at radius 2 is 1.95 bits per heavy atom. The van der Waals surface area contributed by atoms with Crippen LogP contribution in [0.3, 0.4) is 0 Å². The van der Waals surface area contributed by atoms with Crippen molar-refractivity contribution in [1.29, 1.82) is 0 Å². The zero-order chi connectivity index (χ0) is 15.2. The van der Waals surface area contributed by atoms with Gasteiger partial charge in [0.2, 0.25) is 5.91 Å². The van der Waals surface area contributed by atoms with E-state index in [1.807, 2.05) is 0 Å². The van der Waals surface area contributed by atoms with E-state index in [9.17, 15) is 14.0 Å². The van der Waals surface area contributed by atoms with Crippen molar-refractivity contribution in [3.63, 3.8) is 0 Å². The van der Waals surface area contributed by atoms with Crippen molar-refractivity contribution in [2.24, 2.45) is 11.7 Å². The minimum absolute atomic E-state index is 0.134. The zero-order valence-corrected chi connectivity index (χ0v) is 11.8. The molecule has 1 heterocycles. The number of benzene rings is 1. The van der Waals surface area contributed by atoms with Crippen LogP contribution in [-0.4, -0.2) is 36.6 Å². The SMILES string of the molecule is NC(=O)C1CCN(C(=O)OCCc2ccccc2F)CC1. The van der Waals surface area contributed by atoms with Gasteiger partial charge in [-0.25, -0.2) is 9.18 Å². The maximum Gasteiger partial charge on any atom is 0.409 e. The molecule has 5 nitrogen and oxygen atoms in total. The van der Waals surface area contributed by atoms with Gasteiger partial charge < -0.3 is 15.4 Å². The number of likely N-dealkylation sites (tertiary alicyclic amines) is 1. The molecule has 0 aromatic heterocycles. The topological polar surface area (TPSA) is 72.6 Å². The molecule has 2 rings (SSSR count).